The fourth-order valence-corrected chi connectivity index (χ4v) is 1.66. The van der Waals surface area contributed by atoms with Crippen molar-refractivity contribution in [3.63, 3.8) is 0 Å². The second kappa shape index (κ2) is 6.62. The molecule has 0 amide bonds. The molecule has 0 aromatic carbocycles. The maximum absolute atomic E-state index is 10.8. The molecule has 0 aliphatic carbocycles. The van der Waals surface area contributed by atoms with Crippen molar-refractivity contribution in [1.29, 1.82) is 0 Å². The molecule has 17 heteroatoms. The van der Waals surface area contributed by atoms with Crippen molar-refractivity contribution in [3.05, 3.63) is 52.6 Å². The van der Waals surface area contributed by atoms with Crippen molar-refractivity contribution in [1.82, 2.24) is 19.6 Å². The van der Waals surface area contributed by atoms with Gasteiger partial charge in [-0.2, -0.15) is 0 Å². The van der Waals surface area contributed by atoms with Gasteiger partial charge in [0.25, 0.3) is 0 Å². The van der Waals surface area contributed by atoms with Gasteiger partial charge in [-0.15, -0.1) is 0 Å². The highest BCUT2D eigenvalue weighted by Gasteiger charge is 2.30. The Bertz CT molecular complexity index is 799. The Morgan fingerprint density at radius 1 is 0.760 bits per heavy atom. The van der Waals surface area contributed by atoms with Gasteiger partial charge in [0.15, 0.2) is 10.2 Å². The van der Waals surface area contributed by atoms with Crippen LogP contribution in [0.1, 0.15) is 0 Å². The lowest BCUT2D eigenvalue weighted by Gasteiger charge is -1.96. The Labute approximate surface area is 134 Å². The summed E-state index contributed by atoms with van der Waals surface area (Å²) >= 11 is 0. The molecule has 0 spiro atoms. The molecule has 0 radical (unpaired) electrons. The van der Waals surface area contributed by atoms with Gasteiger partial charge in [-0.1, -0.05) is 0 Å². The van der Waals surface area contributed by atoms with Crippen LogP contribution in [0.25, 0.3) is 0 Å². The SMILES string of the molecule is O=[N+]([O-])c1cc([N+](=O)[O-])n(COCn2nc([N+](=O)[O-])cc2[N+](=O)[O-])n1. The molecular weight excluding hydrogens is 352 g/mol. The Hall–Kier alpha value is -4.02. The molecule has 0 bridgehead atoms. The smallest absolute Gasteiger partial charge is 0.358 e. The van der Waals surface area contributed by atoms with Gasteiger partial charge in [0.1, 0.15) is 12.1 Å². The molecule has 2 heterocycles. The molecular formula is C8H6N8O9. The maximum atomic E-state index is 10.8. The van der Waals surface area contributed by atoms with Crippen LogP contribution in [0.4, 0.5) is 23.3 Å². The molecule has 0 fully saturated rings. The summed E-state index contributed by atoms with van der Waals surface area (Å²) in [6.45, 7) is -1.37. The van der Waals surface area contributed by atoms with Crippen molar-refractivity contribution in [2.75, 3.05) is 0 Å². The lowest BCUT2D eigenvalue weighted by molar-refractivity contribution is -0.396. The predicted molar refractivity (Wildman–Crippen MR) is 72.2 cm³/mol. The van der Waals surface area contributed by atoms with Gasteiger partial charge in [0.05, 0.1) is 0 Å². The summed E-state index contributed by atoms with van der Waals surface area (Å²) in [7, 11) is 0. The van der Waals surface area contributed by atoms with Crippen LogP contribution in [0.15, 0.2) is 12.1 Å². The van der Waals surface area contributed by atoms with Crippen molar-refractivity contribution < 1.29 is 24.4 Å². The van der Waals surface area contributed by atoms with E-state index in [2.05, 4.69) is 10.2 Å². The number of hydrogen-bond donors (Lipinski definition) is 0. The number of nitrogens with zero attached hydrogens (tertiary/aromatic N) is 8. The minimum absolute atomic E-state index is 0.544. The van der Waals surface area contributed by atoms with E-state index < -0.39 is 56.4 Å². The van der Waals surface area contributed by atoms with Gasteiger partial charge < -0.3 is 40.5 Å². The molecule has 2 aromatic rings. The zero-order chi connectivity index (χ0) is 18.7. The molecule has 0 N–H and O–H groups in total. The van der Waals surface area contributed by atoms with Crippen LogP contribution in [-0.4, -0.2) is 39.3 Å². The first-order valence-electron chi connectivity index (χ1n) is 6.01. The van der Waals surface area contributed by atoms with E-state index in [0.29, 0.717) is 21.5 Å². The number of rotatable bonds is 8. The van der Waals surface area contributed by atoms with Crippen LogP contribution in [0.2, 0.25) is 0 Å². The largest absolute Gasteiger partial charge is 0.420 e. The predicted octanol–water partition coefficient (Wildman–Crippen LogP) is 0.344. The zero-order valence-corrected chi connectivity index (χ0v) is 11.8. The highest BCUT2D eigenvalue weighted by molar-refractivity contribution is 5.32. The van der Waals surface area contributed by atoms with Crippen molar-refractivity contribution in [2.45, 2.75) is 13.5 Å². The maximum Gasteiger partial charge on any atom is 0.420 e. The van der Waals surface area contributed by atoms with Crippen LogP contribution in [0.3, 0.4) is 0 Å². The van der Waals surface area contributed by atoms with E-state index >= 15 is 0 Å². The van der Waals surface area contributed by atoms with Gasteiger partial charge in [-0.05, 0) is 29.1 Å². The van der Waals surface area contributed by atoms with Crippen molar-refractivity contribution >= 4 is 23.3 Å². The van der Waals surface area contributed by atoms with E-state index in [4.69, 9.17) is 4.74 Å². The third kappa shape index (κ3) is 3.67. The van der Waals surface area contributed by atoms with Crippen molar-refractivity contribution in [2.24, 2.45) is 0 Å². The first-order valence-corrected chi connectivity index (χ1v) is 6.01. The fraction of sp³-hybridized carbons (Fsp3) is 0.250. The van der Waals surface area contributed by atoms with Crippen LogP contribution in [0, 0.1) is 40.5 Å². The Morgan fingerprint density at radius 3 is 1.40 bits per heavy atom. The summed E-state index contributed by atoms with van der Waals surface area (Å²) in [4.78, 5) is 39.0. The minimum atomic E-state index is -0.953. The molecule has 25 heavy (non-hydrogen) atoms. The number of nitro groups is 4. The molecule has 17 nitrogen and oxygen atoms in total. The number of hydrogen-bond acceptors (Lipinski definition) is 11. The lowest BCUT2D eigenvalue weighted by Crippen LogP contribution is -2.12. The molecule has 2 aromatic heterocycles. The van der Waals surface area contributed by atoms with Gasteiger partial charge in [-0.25, -0.2) is 0 Å². The average molecular weight is 358 g/mol. The van der Waals surface area contributed by atoms with E-state index in [1.54, 1.807) is 0 Å². The Kier molecular flexibility index (Phi) is 4.59. The van der Waals surface area contributed by atoms with E-state index in [1.165, 1.54) is 0 Å². The first-order chi connectivity index (χ1) is 11.7. The summed E-state index contributed by atoms with van der Waals surface area (Å²) in [5.41, 5.74) is 0. The standard InChI is InChI=1S/C8H6N8O9/c17-13(18)5-1-7(15(21)22)11(9-5)3-25-4-12-8(16(23)24)2-6(10-12)14(19)20/h1-2H,3-4H2. The molecule has 0 saturated carbocycles. The topological polar surface area (TPSA) is 217 Å². The van der Waals surface area contributed by atoms with Gasteiger partial charge in [-0.3, -0.25) is 4.74 Å². The van der Waals surface area contributed by atoms with Gasteiger partial charge in [0.2, 0.25) is 13.5 Å². The second-order valence-corrected chi connectivity index (χ2v) is 4.21. The molecule has 0 aliphatic heterocycles. The summed E-state index contributed by atoms with van der Waals surface area (Å²) in [5, 5.41) is 49.4. The fourth-order valence-electron chi connectivity index (χ4n) is 1.66. The van der Waals surface area contributed by atoms with Crippen LogP contribution in [-0.2, 0) is 18.2 Å². The molecule has 2 rings (SSSR count). The quantitative estimate of drug-likeness (QED) is 0.462. The lowest BCUT2D eigenvalue weighted by atomic mass is 10.6. The number of ether oxygens (including phenoxy) is 1. The zero-order valence-electron chi connectivity index (χ0n) is 11.8. The molecule has 132 valence electrons. The third-order valence-electron chi connectivity index (χ3n) is 2.67. The summed E-state index contributed by atoms with van der Waals surface area (Å²) in [5.74, 6) is -3.08. The average Bonchev–Trinajstić information content (AvgIpc) is 3.11. The summed E-state index contributed by atoms with van der Waals surface area (Å²) < 4.78 is 6.01. The normalized spacial score (nSPS) is 10.6. The summed E-state index contributed by atoms with van der Waals surface area (Å²) in [6.07, 6.45) is 0. The minimum Gasteiger partial charge on any atom is -0.358 e. The van der Waals surface area contributed by atoms with E-state index in [0.717, 1.165) is 0 Å². The molecule has 0 aliphatic rings. The van der Waals surface area contributed by atoms with Gasteiger partial charge >= 0.3 is 23.3 Å². The highest BCUT2D eigenvalue weighted by atomic mass is 16.6. The van der Waals surface area contributed by atoms with Crippen LogP contribution < -0.4 is 0 Å². The van der Waals surface area contributed by atoms with E-state index in [1.807, 2.05) is 0 Å². The van der Waals surface area contributed by atoms with E-state index in [-0.39, 0.29) is 0 Å². The van der Waals surface area contributed by atoms with Crippen LogP contribution in [0.5, 0.6) is 0 Å². The third-order valence-corrected chi connectivity index (χ3v) is 2.67. The summed E-state index contributed by atoms with van der Waals surface area (Å²) in [6, 6.07) is 1.20. The molecule has 0 unspecified atom stereocenters. The van der Waals surface area contributed by atoms with Gasteiger partial charge in [0, 0.05) is 0 Å². The Balaban J connectivity index is 2.16. The molecule has 0 saturated heterocycles. The second-order valence-electron chi connectivity index (χ2n) is 4.21. The molecule has 0 atom stereocenters. The monoisotopic (exact) mass is 358 g/mol. The van der Waals surface area contributed by atoms with Crippen molar-refractivity contribution in [3.8, 4) is 0 Å². The first kappa shape index (κ1) is 17.3. The number of aromatic nitrogens is 4. The highest BCUT2D eigenvalue weighted by Crippen LogP contribution is 2.21. The van der Waals surface area contributed by atoms with E-state index in [9.17, 15) is 40.5 Å². The Morgan fingerprint density at radius 2 is 1.12 bits per heavy atom. The van der Waals surface area contributed by atoms with Crippen LogP contribution >= 0.6 is 0 Å².